The van der Waals surface area contributed by atoms with Gasteiger partial charge in [-0.1, -0.05) is 6.07 Å². The molecule has 1 saturated heterocycles. The molecular weight excluding hydrogens is 336 g/mol. The van der Waals surface area contributed by atoms with Crippen LogP contribution in [-0.2, 0) is 17.6 Å². The molecule has 1 aliphatic heterocycles. The fraction of sp³-hybridized carbons (Fsp3) is 0.400. The van der Waals surface area contributed by atoms with Crippen molar-refractivity contribution >= 4 is 5.82 Å². The number of hydrogen-bond donors (Lipinski definition) is 1. The van der Waals surface area contributed by atoms with Crippen molar-refractivity contribution < 1.29 is 13.5 Å². The molecule has 1 fully saturated rings. The second kappa shape index (κ2) is 7.00. The Morgan fingerprint density at radius 3 is 2.81 bits per heavy atom. The number of nitriles is 1. The standard InChI is InChI=1S/C20H19F2N3O/c21-15-6-5-13(10-16(15)22)19-18(7-8-26-19)25-20-14(11-23)9-12-3-1-2-4-17(12)24-20/h5-6,9-10,18-19H,1-4,7-8H2,(H,24,25). The second-order valence-electron chi connectivity index (χ2n) is 6.81. The molecule has 2 heterocycles. The van der Waals surface area contributed by atoms with Crippen LogP contribution in [0.1, 0.15) is 47.8 Å². The molecule has 134 valence electrons. The predicted molar refractivity (Wildman–Crippen MR) is 92.7 cm³/mol. The fourth-order valence-corrected chi connectivity index (χ4v) is 3.76. The average molecular weight is 355 g/mol. The summed E-state index contributed by atoms with van der Waals surface area (Å²) in [5, 5.41) is 12.8. The lowest BCUT2D eigenvalue weighted by Crippen LogP contribution is -2.25. The SMILES string of the molecule is N#Cc1cc2c(nc1NC1CCOC1c1ccc(F)c(F)c1)CCCC2. The van der Waals surface area contributed by atoms with Crippen LogP contribution in [0.15, 0.2) is 24.3 Å². The zero-order valence-corrected chi connectivity index (χ0v) is 14.3. The van der Waals surface area contributed by atoms with Crippen LogP contribution in [0, 0.1) is 23.0 Å². The minimum atomic E-state index is -0.888. The first kappa shape index (κ1) is 16.9. The van der Waals surface area contributed by atoms with E-state index in [9.17, 15) is 14.0 Å². The molecule has 1 N–H and O–H groups in total. The van der Waals surface area contributed by atoms with Crippen molar-refractivity contribution in [2.45, 2.75) is 44.2 Å². The van der Waals surface area contributed by atoms with Gasteiger partial charge < -0.3 is 10.1 Å². The van der Waals surface area contributed by atoms with Gasteiger partial charge >= 0.3 is 0 Å². The number of aryl methyl sites for hydroxylation is 2. The molecule has 4 nitrogen and oxygen atoms in total. The van der Waals surface area contributed by atoms with Crippen LogP contribution < -0.4 is 5.32 Å². The predicted octanol–water partition coefficient (Wildman–Crippen LogP) is 4.05. The highest BCUT2D eigenvalue weighted by Gasteiger charge is 2.31. The number of halogens is 2. The highest BCUT2D eigenvalue weighted by molar-refractivity contribution is 5.55. The van der Waals surface area contributed by atoms with Crippen molar-refractivity contribution in [3.8, 4) is 6.07 Å². The fourth-order valence-electron chi connectivity index (χ4n) is 3.76. The normalized spacial score (nSPS) is 21.9. The average Bonchev–Trinajstić information content (AvgIpc) is 3.11. The van der Waals surface area contributed by atoms with Gasteiger partial charge in [-0.25, -0.2) is 13.8 Å². The number of fused-ring (bicyclic) bond motifs is 1. The third kappa shape index (κ3) is 3.15. The Morgan fingerprint density at radius 2 is 2.00 bits per heavy atom. The maximum Gasteiger partial charge on any atom is 0.159 e. The van der Waals surface area contributed by atoms with Gasteiger partial charge in [-0.15, -0.1) is 0 Å². The van der Waals surface area contributed by atoms with Gasteiger partial charge in [0.1, 0.15) is 18.0 Å². The molecule has 4 rings (SSSR count). The van der Waals surface area contributed by atoms with Crippen molar-refractivity contribution in [3.63, 3.8) is 0 Å². The van der Waals surface area contributed by atoms with Crippen LogP contribution >= 0.6 is 0 Å². The quantitative estimate of drug-likeness (QED) is 0.902. The van der Waals surface area contributed by atoms with Crippen molar-refractivity contribution in [1.82, 2.24) is 4.98 Å². The smallest absolute Gasteiger partial charge is 0.159 e. The van der Waals surface area contributed by atoms with E-state index in [-0.39, 0.29) is 6.04 Å². The first-order chi connectivity index (χ1) is 12.7. The molecule has 6 heteroatoms. The summed E-state index contributed by atoms with van der Waals surface area (Å²) in [5.41, 5.74) is 3.29. The Balaban J connectivity index is 1.61. The van der Waals surface area contributed by atoms with Gasteiger partial charge in [0.05, 0.1) is 11.6 Å². The van der Waals surface area contributed by atoms with Gasteiger partial charge in [0.2, 0.25) is 0 Å². The summed E-state index contributed by atoms with van der Waals surface area (Å²) in [6, 6.07) is 7.81. The molecule has 2 unspecified atom stereocenters. The van der Waals surface area contributed by atoms with E-state index in [4.69, 9.17) is 4.74 Å². The van der Waals surface area contributed by atoms with E-state index in [2.05, 4.69) is 16.4 Å². The van der Waals surface area contributed by atoms with E-state index < -0.39 is 17.7 Å². The number of nitrogens with zero attached hydrogens (tertiary/aromatic N) is 2. The van der Waals surface area contributed by atoms with Crippen molar-refractivity contribution in [1.29, 1.82) is 5.26 Å². The molecule has 0 saturated carbocycles. The number of benzene rings is 1. The minimum absolute atomic E-state index is 0.152. The molecule has 1 aromatic carbocycles. The van der Waals surface area contributed by atoms with E-state index in [0.29, 0.717) is 30.0 Å². The van der Waals surface area contributed by atoms with Crippen molar-refractivity contribution in [2.24, 2.45) is 0 Å². The van der Waals surface area contributed by atoms with Crippen LogP contribution in [0.3, 0.4) is 0 Å². The Bertz CT molecular complexity index is 878. The first-order valence-electron chi connectivity index (χ1n) is 8.91. The molecule has 0 bridgehead atoms. The summed E-state index contributed by atoms with van der Waals surface area (Å²) < 4.78 is 32.5. The second-order valence-corrected chi connectivity index (χ2v) is 6.81. The lowest BCUT2D eigenvalue weighted by atomic mass is 9.94. The summed E-state index contributed by atoms with van der Waals surface area (Å²) in [7, 11) is 0. The van der Waals surface area contributed by atoms with Crippen LogP contribution in [-0.4, -0.2) is 17.6 Å². The van der Waals surface area contributed by atoms with E-state index in [0.717, 1.165) is 43.0 Å². The van der Waals surface area contributed by atoms with Crippen LogP contribution in [0.5, 0.6) is 0 Å². The van der Waals surface area contributed by atoms with Crippen molar-refractivity contribution in [3.05, 3.63) is 58.3 Å². The third-order valence-electron chi connectivity index (χ3n) is 5.11. The Morgan fingerprint density at radius 1 is 1.15 bits per heavy atom. The lowest BCUT2D eigenvalue weighted by Gasteiger charge is -2.23. The van der Waals surface area contributed by atoms with E-state index in [1.54, 1.807) is 0 Å². The zero-order chi connectivity index (χ0) is 18.1. The molecule has 26 heavy (non-hydrogen) atoms. The maximum atomic E-state index is 13.6. The summed E-state index contributed by atoms with van der Waals surface area (Å²) in [5.74, 6) is -1.21. The highest BCUT2D eigenvalue weighted by atomic mass is 19.2. The molecule has 2 aliphatic rings. The van der Waals surface area contributed by atoms with E-state index in [1.165, 1.54) is 12.1 Å². The summed E-state index contributed by atoms with van der Waals surface area (Å²) in [6.45, 7) is 0.508. The van der Waals surface area contributed by atoms with Gasteiger partial charge in [-0.2, -0.15) is 5.26 Å². The monoisotopic (exact) mass is 355 g/mol. The Labute approximate surface area is 150 Å². The number of aromatic nitrogens is 1. The molecule has 2 aromatic rings. The molecule has 1 aliphatic carbocycles. The first-order valence-corrected chi connectivity index (χ1v) is 8.91. The van der Waals surface area contributed by atoms with Gasteiger partial charge in [-0.05, 0) is 61.4 Å². The van der Waals surface area contributed by atoms with Crippen molar-refractivity contribution in [2.75, 3.05) is 11.9 Å². The largest absolute Gasteiger partial charge is 0.371 e. The molecule has 0 amide bonds. The number of rotatable bonds is 3. The van der Waals surface area contributed by atoms with Gasteiger partial charge in [0.25, 0.3) is 0 Å². The molecule has 0 radical (unpaired) electrons. The van der Waals surface area contributed by atoms with Crippen LogP contribution in [0.25, 0.3) is 0 Å². The molecule has 0 spiro atoms. The number of pyridine rings is 1. The minimum Gasteiger partial charge on any atom is -0.371 e. The number of hydrogen-bond acceptors (Lipinski definition) is 4. The Kier molecular flexibility index (Phi) is 4.56. The van der Waals surface area contributed by atoms with Gasteiger partial charge in [0, 0.05) is 12.3 Å². The zero-order valence-electron chi connectivity index (χ0n) is 14.3. The van der Waals surface area contributed by atoms with E-state index >= 15 is 0 Å². The number of ether oxygens (including phenoxy) is 1. The summed E-state index contributed by atoms with van der Waals surface area (Å²) in [6.07, 6.45) is 4.41. The number of anilines is 1. The topological polar surface area (TPSA) is 57.9 Å². The maximum absolute atomic E-state index is 13.6. The summed E-state index contributed by atoms with van der Waals surface area (Å²) in [4.78, 5) is 4.68. The number of nitrogens with one attached hydrogen (secondary N) is 1. The van der Waals surface area contributed by atoms with Gasteiger partial charge in [0.15, 0.2) is 11.6 Å². The molecule has 2 atom stereocenters. The molecule has 1 aromatic heterocycles. The summed E-state index contributed by atoms with van der Waals surface area (Å²) >= 11 is 0. The Hall–Kier alpha value is -2.52. The third-order valence-corrected chi connectivity index (χ3v) is 5.11. The molecular formula is C20H19F2N3O. The van der Waals surface area contributed by atoms with Crippen LogP contribution in [0.2, 0.25) is 0 Å². The van der Waals surface area contributed by atoms with Crippen LogP contribution in [0.4, 0.5) is 14.6 Å². The van der Waals surface area contributed by atoms with E-state index in [1.807, 2.05) is 6.07 Å². The van der Waals surface area contributed by atoms with Gasteiger partial charge in [-0.3, -0.25) is 0 Å². The highest BCUT2D eigenvalue weighted by Crippen LogP contribution is 2.33. The lowest BCUT2D eigenvalue weighted by molar-refractivity contribution is 0.107.